The van der Waals surface area contributed by atoms with Crippen LogP contribution in [0.5, 0.6) is 0 Å². The van der Waals surface area contributed by atoms with E-state index < -0.39 is 33.2 Å². The minimum atomic E-state index is -4.19. The SMILES string of the molecule is CC1CN(S(=O)(=O)c2cc(CO)cc(F)c2F)CC(C)O1. The maximum absolute atomic E-state index is 13.9. The van der Waals surface area contributed by atoms with Crippen LogP contribution in [0.1, 0.15) is 19.4 Å². The highest BCUT2D eigenvalue weighted by atomic mass is 32.2. The highest BCUT2D eigenvalue weighted by molar-refractivity contribution is 7.89. The first-order valence-electron chi connectivity index (χ1n) is 6.50. The Balaban J connectivity index is 2.46. The molecule has 1 aliphatic rings. The van der Waals surface area contributed by atoms with Gasteiger partial charge in [-0.25, -0.2) is 17.2 Å². The van der Waals surface area contributed by atoms with Gasteiger partial charge in [-0.15, -0.1) is 0 Å². The molecular formula is C13H17F2NO4S. The Morgan fingerprint density at radius 3 is 2.38 bits per heavy atom. The number of rotatable bonds is 3. The molecule has 1 N–H and O–H groups in total. The van der Waals surface area contributed by atoms with Crippen LogP contribution in [-0.4, -0.2) is 43.1 Å². The third-order valence-electron chi connectivity index (χ3n) is 3.24. The summed E-state index contributed by atoms with van der Waals surface area (Å²) in [6, 6.07) is 1.73. The van der Waals surface area contributed by atoms with Crippen molar-refractivity contribution in [2.75, 3.05) is 13.1 Å². The van der Waals surface area contributed by atoms with Crippen molar-refractivity contribution < 1.29 is 27.0 Å². The van der Waals surface area contributed by atoms with E-state index >= 15 is 0 Å². The number of benzene rings is 1. The van der Waals surface area contributed by atoms with Crippen molar-refractivity contribution in [3.05, 3.63) is 29.3 Å². The molecule has 21 heavy (non-hydrogen) atoms. The Bertz CT molecular complexity index is 625. The van der Waals surface area contributed by atoms with Crippen molar-refractivity contribution >= 4 is 10.0 Å². The topological polar surface area (TPSA) is 66.8 Å². The summed E-state index contributed by atoms with van der Waals surface area (Å²) < 4.78 is 58.9. The van der Waals surface area contributed by atoms with Crippen LogP contribution in [0.15, 0.2) is 17.0 Å². The lowest BCUT2D eigenvalue weighted by Crippen LogP contribution is -2.48. The van der Waals surface area contributed by atoms with Crippen LogP contribution in [0.3, 0.4) is 0 Å². The first-order chi connectivity index (χ1) is 9.75. The smallest absolute Gasteiger partial charge is 0.246 e. The lowest BCUT2D eigenvalue weighted by atomic mass is 10.2. The number of aliphatic hydroxyl groups excluding tert-OH is 1. The minimum Gasteiger partial charge on any atom is -0.392 e. The summed E-state index contributed by atoms with van der Waals surface area (Å²) in [6.07, 6.45) is -0.671. The molecule has 8 heteroatoms. The monoisotopic (exact) mass is 321 g/mol. The molecule has 2 atom stereocenters. The molecule has 0 aliphatic carbocycles. The summed E-state index contributed by atoms with van der Waals surface area (Å²) in [5, 5.41) is 9.02. The van der Waals surface area contributed by atoms with Gasteiger partial charge in [-0.1, -0.05) is 0 Å². The van der Waals surface area contributed by atoms with Gasteiger partial charge in [-0.05, 0) is 31.5 Å². The molecule has 0 bridgehead atoms. The number of nitrogens with zero attached hydrogens (tertiary/aromatic N) is 1. The normalized spacial score (nSPS) is 24.2. The second kappa shape index (κ2) is 5.96. The maximum atomic E-state index is 13.9. The lowest BCUT2D eigenvalue weighted by Gasteiger charge is -2.34. The molecule has 2 unspecified atom stereocenters. The molecule has 118 valence electrons. The molecule has 1 heterocycles. The zero-order valence-electron chi connectivity index (χ0n) is 11.7. The van der Waals surface area contributed by atoms with E-state index in [1.165, 1.54) is 0 Å². The van der Waals surface area contributed by atoms with E-state index in [2.05, 4.69) is 0 Å². The first-order valence-corrected chi connectivity index (χ1v) is 7.94. The van der Waals surface area contributed by atoms with Crippen molar-refractivity contribution in [2.45, 2.75) is 37.6 Å². The van der Waals surface area contributed by atoms with Gasteiger partial charge in [-0.3, -0.25) is 0 Å². The number of aliphatic hydroxyl groups is 1. The predicted octanol–water partition coefficient (Wildman–Crippen LogP) is 1.26. The van der Waals surface area contributed by atoms with E-state index in [0.29, 0.717) is 0 Å². The van der Waals surface area contributed by atoms with Gasteiger partial charge in [0.1, 0.15) is 4.90 Å². The predicted molar refractivity (Wildman–Crippen MR) is 71.0 cm³/mol. The average Bonchev–Trinajstić information content (AvgIpc) is 2.40. The standard InChI is InChI=1S/C13H17F2NO4S/c1-8-5-16(6-9(2)20-8)21(18,19)12-4-10(7-17)3-11(14)13(12)15/h3-4,8-9,17H,5-7H2,1-2H3. The molecule has 1 aromatic carbocycles. The van der Waals surface area contributed by atoms with Crippen LogP contribution in [0, 0.1) is 11.6 Å². The highest BCUT2D eigenvalue weighted by Crippen LogP contribution is 2.26. The molecule has 0 radical (unpaired) electrons. The number of hydrogen-bond donors (Lipinski definition) is 1. The molecule has 0 aromatic heterocycles. The molecule has 1 saturated heterocycles. The molecule has 0 saturated carbocycles. The third kappa shape index (κ3) is 3.23. The first kappa shape index (κ1) is 16.3. The summed E-state index contributed by atoms with van der Waals surface area (Å²) >= 11 is 0. The van der Waals surface area contributed by atoms with E-state index in [0.717, 1.165) is 16.4 Å². The lowest BCUT2D eigenvalue weighted by molar-refractivity contribution is -0.0441. The Morgan fingerprint density at radius 1 is 1.29 bits per heavy atom. The number of morpholine rings is 1. The van der Waals surface area contributed by atoms with Crippen LogP contribution in [0.2, 0.25) is 0 Å². The summed E-state index contributed by atoms with van der Waals surface area (Å²) in [4.78, 5) is -0.757. The van der Waals surface area contributed by atoms with E-state index in [1.807, 2.05) is 0 Å². The maximum Gasteiger partial charge on any atom is 0.246 e. The van der Waals surface area contributed by atoms with Gasteiger partial charge in [0, 0.05) is 13.1 Å². The second-order valence-corrected chi connectivity index (χ2v) is 7.03. The molecule has 1 fully saturated rings. The fraction of sp³-hybridized carbons (Fsp3) is 0.538. The van der Waals surface area contributed by atoms with Crippen LogP contribution in [-0.2, 0) is 21.4 Å². The van der Waals surface area contributed by atoms with E-state index in [1.54, 1.807) is 13.8 Å². The third-order valence-corrected chi connectivity index (χ3v) is 5.07. The quantitative estimate of drug-likeness (QED) is 0.910. The molecule has 0 spiro atoms. The Hall–Kier alpha value is -1.09. The average molecular weight is 321 g/mol. The number of hydrogen-bond acceptors (Lipinski definition) is 4. The zero-order valence-corrected chi connectivity index (χ0v) is 12.5. The van der Waals surface area contributed by atoms with E-state index in [9.17, 15) is 17.2 Å². The van der Waals surface area contributed by atoms with Crippen molar-refractivity contribution in [3.63, 3.8) is 0 Å². The van der Waals surface area contributed by atoms with Gasteiger partial charge in [0.05, 0.1) is 18.8 Å². The molecule has 0 amide bonds. The molecule has 2 rings (SSSR count). The van der Waals surface area contributed by atoms with Crippen LogP contribution >= 0.6 is 0 Å². The summed E-state index contributed by atoms with van der Waals surface area (Å²) in [5.74, 6) is -2.73. The summed E-state index contributed by atoms with van der Waals surface area (Å²) in [7, 11) is -4.19. The number of halogens is 2. The molecule has 1 aromatic rings. The Kier molecular flexibility index (Phi) is 4.62. The Morgan fingerprint density at radius 2 is 1.86 bits per heavy atom. The summed E-state index contributed by atoms with van der Waals surface area (Å²) in [6.45, 7) is 2.97. The molecular weight excluding hydrogens is 304 g/mol. The van der Waals surface area contributed by atoms with Crippen molar-refractivity contribution in [2.24, 2.45) is 0 Å². The fourth-order valence-corrected chi connectivity index (χ4v) is 4.08. The van der Waals surface area contributed by atoms with Gasteiger partial charge in [-0.2, -0.15) is 4.31 Å². The Labute approximate surface area is 122 Å². The largest absolute Gasteiger partial charge is 0.392 e. The van der Waals surface area contributed by atoms with Gasteiger partial charge in [0.25, 0.3) is 0 Å². The highest BCUT2D eigenvalue weighted by Gasteiger charge is 2.34. The van der Waals surface area contributed by atoms with Gasteiger partial charge in [0.2, 0.25) is 10.0 Å². The van der Waals surface area contributed by atoms with Gasteiger partial charge >= 0.3 is 0 Å². The van der Waals surface area contributed by atoms with Crippen LogP contribution in [0.4, 0.5) is 8.78 Å². The van der Waals surface area contributed by atoms with Crippen molar-refractivity contribution in [3.8, 4) is 0 Å². The molecule has 1 aliphatic heterocycles. The number of ether oxygens (including phenoxy) is 1. The van der Waals surface area contributed by atoms with Crippen LogP contribution < -0.4 is 0 Å². The number of sulfonamides is 1. The van der Waals surface area contributed by atoms with Crippen molar-refractivity contribution in [1.29, 1.82) is 0 Å². The summed E-state index contributed by atoms with van der Waals surface area (Å²) in [5.41, 5.74) is 0.00170. The fourth-order valence-electron chi connectivity index (χ4n) is 2.36. The minimum absolute atomic E-state index is 0.00170. The van der Waals surface area contributed by atoms with Gasteiger partial charge in [0.15, 0.2) is 11.6 Å². The van der Waals surface area contributed by atoms with Gasteiger partial charge < -0.3 is 9.84 Å². The van der Waals surface area contributed by atoms with E-state index in [4.69, 9.17) is 9.84 Å². The molecule has 5 nitrogen and oxygen atoms in total. The zero-order chi connectivity index (χ0) is 15.8. The van der Waals surface area contributed by atoms with E-state index in [-0.39, 0.29) is 30.9 Å². The van der Waals surface area contributed by atoms with Crippen molar-refractivity contribution in [1.82, 2.24) is 4.31 Å². The second-order valence-electron chi connectivity index (χ2n) is 5.13. The van der Waals surface area contributed by atoms with Crippen LogP contribution in [0.25, 0.3) is 0 Å².